The number of nitrogens with zero attached hydrogens (tertiary/aromatic N) is 4. The minimum Gasteiger partial charge on any atom is -0.465 e. The number of carbonyl (C=O) groups is 2. The largest absolute Gasteiger partial charge is 0.465 e. The van der Waals surface area contributed by atoms with Crippen LogP contribution >= 0.6 is 0 Å². The number of carbonyl (C=O) groups excluding carboxylic acids is 1. The van der Waals surface area contributed by atoms with Crippen molar-refractivity contribution in [3.8, 4) is 6.07 Å². The number of para-hydroxylation sites is 1. The van der Waals surface area contributed by atoms with Crippen molar-refractivity contribution >= 4 is 23.5 Å². The van der Waals surface area contributed by atoms with Gasteiger partial charge in [-0.1, -0.05) is 39.0 Å². The van der Waals surface area contributed by atoms with E-state index < -0.39 is 17.5 Å². The summed E-state index contributed by atoms with van der Waals surface area (Å²) in [6, 6.07) is 11.4. The molecule has 1 saturated heterocycles. The highest BCUT2D eigenvalue weighted by Gasteiger charge is 2.46. The third-order valence-corrected chi connectivity index (χ3v) is 6.70. The normalized spacial score (nSPS) is 20.5. The van der Waals surface area contributed by atoms with E-state index in [1.807, 2.05) is 58.0 Å². The van der Waals surface area contributed by atoms with Crippen molar-refractivity contribution in [2.75, 3.05) is 11.9 Å². The highest BCUT2D eigenvalue weighted by molar-refractivity contribution is 5.98. The molecule has 0 saturated carbocycles. The monoisotopic (exact) mass is 452 g/mol. The van der Waals surface area contributed by atoms with Crippen molar-refractivity contribution in [1.29, 1.82) is 5.26 Å². The molecule has 1 aliphatic heterocycles. The molecule has 2 aromatic rings. The van der Waals surface area contributed by atoms with Crippen LogP contribution in [-0.2, 0) is 5.54 Å². The third-order valence-electron chi connectivity index (χ3n) is 6.70. The second kappa shape index (κ2) is 9.14. The van der Waals surface area contributed by atoms with Crippen molar-refractivity contribution in [2.45, 2.75) is 58.5 Å². The van der Waals surface area contributed by atoms with Gasteiger partial charge in [-0.15, -0.1) is 0 Å². The molecule has 3 atom stereocenters. The van der Waals surface area contributed by atoms with Crippen molar-refractivity contribution in [3.63, 3.8) is 0 Å². The van der Waals surface area contributed by atoms with Crippen LogP contribution in [0.3, 0.4) is 0 Å². The van der Waals surface area contributed by atoms with E-state index in [1.54, 1.807) is 10.9 Å². The topological polar surface area (TPSA) is 137 Å². The van der Waals surface area contributed by atoms with Gasteiger partial charge in [-0.2, -0.15) is 10.4 Å². The molecule has 9 heteroatoms. The summed E-state index contributed by atoms with van der Waals surface area (Å²) in [5, 5.41) is 27.2. The highest BCUT2D eigenvalue weighted by Crippen LogP contribution is 2.43. The van der Waals surface area contributed by atoms with E-state index in [-0.39, 0.29) is 29.4 Å². The predicted molar refractivity (Wildman–Crippen MR) is 125 cm³/mol. The Bertz CT molecular complexity index is 1050. The second-order valence-corrected chi connectivity index (χ2v) is 9.96. The molecule has 2 amide bonds. The quantitative estimate of drug-likeness (QED) is 0.602. The van der Waals surface area contributed by atoms with Crippen molar-refractivity contribution in [3.05, 3.63) is 42.1 Å². The minimum atomic E-state index is -0.931. The number of rotatable bonds is 6. The lowest BCUT2D eigenvalue weighted by Gasteiger charge is -2.49. The Hall–Kier alpha value is -3.54. The molecule has 1 aromatic heterocycles. The zero-order chi connectivity index (χ0) is 24.4. The van der Waals surface area contributed by atoms with Crippen LogP contribution in [0.15, 0.2) is 36.5 Å². The van der Waals surface area contributed by atoms with Gasteiger partial charge in [0, 0.05) is 24.5 Å². The van der Waals surface area contributed by atoms with Gasteiger partial charge < -0.3 is 21.1 Å². The van der Waals surface area contributed by atoms with E-state index in [4.69, 9.17) is 5.73 Å². The van der Waals surface area contributed by atoms with E-state index in [0.717, 1.165) is 5.69 Å². The van der Waals surface area contributed by atoms with Crippen LogP contribution in [0, 0.1) is 22.7 Å². The van der Waals surface area contributed by atoms with E-state index in [1.165, 1.54) is 4.90 Å². The van der Waals surface area contributed by atoms with Crippen molar-refractivity contribution in [2.24, 2.45) is 17.1 Å². The van der Waals surface area contributed by atoms with Crippen LogP contribution in [-0.4, -0.2) is 44.4 Å². The number of nitriles is 1. The highest BCUT2D eigenvalue weighted by atomic mass is 16.4. The number of hydrogen-bond donors (Lipinski definition) is 3. The number of anilines is 2. The predicted octanol–water partition coefficient (Wildman–Crippen LogP) is 4.16. The van der Waals surface area contributed by atoms with Gasteiger partial charge in [0.1, 0.15) is 5.56 Å². The molecule has 4 N–H and O–H groups in total. The maximum absolute atomic E-state index is 12.2. The van der Waals surface area contributed by atoms with Gasteiger partial charge in [0.05, 0.1) is 18.0 Å². The molecule has 33 heavy (non-hydrogen) atoms. The molecule has 9 nitrogen and oxygen atoms in total. The van der Waals surface area contributed by atoms with E-state index in [9.17, 15) is 20.0 Å². The lowest BCUT2D eigenvalue weighted by Crippen LogP contribution is -2.55. The fourth-order valence-corrected chi connectivity index (χ4v) is 4.72. The maximum atomic E-state index is 12.2. The van der Waals surface area contributed by atoms with E-state index >= 15 is 0 Å². The fourth-order valence-electron chi connectivity index (χ4n) is 4.72. The number of nitrogens with one attached hydrogen (secondary N) is 1. The molecule has 176 valence electrons. The van der Waals surface area contributed by atoms with Crippen LogP contribution in [0.1, 0.15) is 57.3 Å². The van der Waals surface area contributed by atoms with Gasteiger partial charge in [-0.3, -0.25) is 9.48 Å². The van der Waals surface area contributed by atoms with Crippen LogP contribution < -0.4 is 11.1 Å². The molecule has 0 bridgehead atoms. The number of nitrogens with two attached hydrogens (primary N) is 1. The molecular weight excluding hydrogens is 420 g/mol. The number of likely N-dealkylation sites (tertiary alicyclic amines) is 1. The number of benzene rings is 1. The van der Waals surface area contributed by atoms with Gasteiger partial charge in [-0.05, 0) is 43.2 Å². The van der Waals surface area contributed by atoms with Gasteiger partial charge in [0.2, 0.25) is 0 Å². The summed E-state index contributed by atoms with van der Waals surface area (Å²) in [6.07, 6.45) is 2.00. The Morgan fingerprint density at radius 2 is 1.94 bits per heavy atom. The average Bonchev–Trinajstić information content (AvgIpc) is 3.18. The molecule has 3 unspecified atom stereocenters. The lowest BCUT2D eigenvalue weighted by molar-refractivity contribution is 0.00697. The van der Waals surface area contributed by atoms with Crippen molar-refractivity contribution < 1.29 is 14.7 Å². The number of amides is 2. The van der Waals surface area contributed by atoms with Crippen LogP contribution in [0.2, 0.25) is 0 Å². The Kier molecular flexibility index (Phi) is 6.68. The molecule has 0 radical (unpaired) electrons. The van der Waals surface area contributed by atoms with Crippen LogP contribution in [0.25, 0.3) is 0 Å². The zero-order valence-corrected chi connectivity index (χ0v) is 19.6. The molecule has 0 spiro atoms. The summed E-state index contributed by atoms with van der Waals surface area (Å²) in [4.78, 5) is 25.5. The molecule has 0 aliphatic carbocycles. The maximum Gasteiger partial charge on any atom is 0.407 e. The smallest absolute Gasteiger partial charge is 0.407 e. The van der Waals surface area contributed by atoms with Gasteiger partial charge in [0.15, 0.2) is 5.82 Å². The summed E-state index contributed by atoms with van der Waals surface area (Å²) in [7, 11) is 0. The number of piperidine rings is 1. The number of aromatic nitrogens is 2. The van der Waals surface area contributed by atoms with Crippen molar-refractivity contribution in [1.82, 2.24) is 14.7 Å². The first-order valence-corrected chi connectivity index (χ1v) is 11.1. The first-order valence-electron chi connectivity index (χ1n) is 11.1. The fraction of sp³-hybridized carbons (Fsp3) is 0.500. The SMILES string of the molecule is CC(C)(C)C1CC(C(C)(CC#N)n2cc(C(N)=O)c(Nc3ccccc3)n2)CCN1C(=O)O. The molecule has 1 aliphatic rings. The first kappa shape index (κ1) is 24.1. The Morgan fingerprint density at radius 3 is 2.48 bits per heavy atom. The van der Waals surface area contributed by atoms with Crippen LogP contribution in [0.4, 0.5) is 16.3 Å². The standard InChI is InChI=1S/C24H32N6O3/c1-23(2,3)19-14-16(10-13-29(19)22(32)33)24(4,11-12-25)30-15-18(20(26)31)21(28-30)27-17-8-6-5-7-9-17/h5-9,15-16,19H,10-11,13-14H2,1-4H3,(H2,26,31)(H,27,28)(H,32,33). The first-order chi connectivity index (χ1) is 15.5. The van der Waals surface area contributed by atoms with Gasteiger partial charge in [-0.25, -0.2) is 4.79 Å². The molecule has 1 fully saturated rings. The summed E-state index contributed by atoms with van der Waals surface area (Å²) in [6.45, 7) is 8.40. The molecule has 3 rings (SSSR count). The lowest BCUT2D eigenvalue weighted by atomic mass is 9.70. The van der Waals surface area contributed by atoms with Gasteiger partial charge in [0.25, 0.3) is 5.91 Å². The van der Waals surface area contributed by atoms with E-state index in [2.05, 4.69) is 16.5 Å². The Morgan fingerprint density at radius 1 is 1.27 bits per heavy atom. The Balaban J connectivity index is 2.00. The number of hydrogen-bond acceptors (Lipinski definition) is 5. The number of carboxylic acid groups (broad SMARTS) is 1. The van der Waals surface area contributed by atoms with Gasteiger partial charge >= 0.3 is 6.09 Å². The summed E-state index contributed by atoms with van der Waals surface area (Å²) in [5.41, 5.74) is 5.62. The second-order valence-electron chi connectivity index (χ2n) is 9.96. The molecule has 2 heterocycles. The van der Waals surface area contributed by atoms with Crippen LogP contribution in [0.5, 0.6) is 0 Å². The molecule has 1 aromatic carbocycles. The average molecular weight is 453 g/mol. The molecular formula is C24H32N6O3. The summed E-state index contributed by atoms with van der Waals surface area (Å²) < 4.78 is 1.67. The zero-order valence-electron chi connectivity index (χ0n) is 19.6. The summed E-state index contributed by atoms with van der Waals surface area (Å²) >= 11 is 0. The summed E-state index contributed by atoms with van der Waals surface area (Å²) in [5.74, 6) is -0.317. The Labute approximate surface area is 194 Å². The minimum absolute atomic E-state index is 0.0258. The number of primary amides is 1. The third kappa shape index (κ3) is 4.95. The van der Waals surface area contributed by atoms with E-state index in [0.29, 0.717) is 25.2 Å².